The van der Waals surface area contributed by atoms with Gasteiger partial charge in [0.15, 0.2) is 12.2 Å². The highest BCUT2D eigenvalue weighted by Crippen LogP contribution is 2.72. The summed E-state index contributed by atoms with van der Waals surface area (Å²) >= 11 is 0. The molecule has 0 spiro atoms. The minimum absolute atomic E-state index is 0.0381. The first-order chi connectivity index (χ1) is 13.6. The van der Waals surface area contributed by atoms with Gasteiger partial charge < -0.3 is 9.47 Å². The smallest absolute Gasteiger partial charge is 0.303 e. The van der Waals surface area contributed by atoms with Gasteiger partial charge in [0.05, 0.1) is 11.5 Å². The Morgan fingerprint density at radius 2 is 1.90 bits per heavy atom. The zero-order chi connectivity index (χ0) is 20.8. The highest BCUT2D eigenvalue weighted by Gasteiger charge is 2.83. The Labute approximate surface area is 171 Å². The number of esters is 1. The van der Waals surface area contributed by atoms with Crippen LogP contribution < -0.4 is 0 Å². The molecule has 5 fully saturated rings. The molecular weight excluding hydrogens is 372 g/mol. The number of carbonyl (C=O) groups is 4. The molecule has 0 aromatic heterocycles. The van der Waals surface area contributed by atoms with E-state index in [1.807, 2.05) is 6.92 Å². The molecule has 0 N–H and O–H groups in total. The fourth-order valence-electron chi connectivity index (χ4n) is 7.93. The van der Waals surface area contributed by atoms with Crippen LogP contribution in [0.25, 0.3) is 0 Å². The van der Waals surface area contributed by atoms with Gasteiger partial charge in [-0.05, 0) is 61.7 Å². The molecule has 5 aliphatic rings. The summed E-state index contributed by atoms with van der Waals surface area (Å²) in [4.78, 5) is 49.8. The monoisotopic (exact) mass is 402 g/mol. The Bertz CT molecular complexity index is 818. The van der Waals surface area contributed by atoms with E-state index in [0.717, 1.165) is 25.7 Å². The molecule has 0 bridgehead atoms. The number of fused-ring (bicyclic) bond motifs is 7. The van der Waals surface area contributed by atoms with Crippen molar-refractivity contribution in [2.45, 2.75) is 77.4 Å². The topological polar surface area (TPSA) is 90.0 Å². The van der Waals surface area contributed by atoms with Gasteiger partial charge in [-0.2, -0.15) is 0 Å². The molecule has 0 unspecified atom stereocenters. The predicted molar refractivity (Wildman–Crippen MR) is 102 cm³/mol. The molecule has 6 heteroatoms. The normalized spacial score (nSPS) is 50.1. The Kier molecular flexibility index (Phi) is 4.01. The summed E-state index contributed by atoms with van der Waals surface area (Å²) in [6, 6.07) is 0. The maximum atomic E-state index is 13.6. The van der Waals surface area contributed by atoms with E-state index >= 15 is 0 Å². The average molecular weight is 402 g/mol. The van der Waals surface area contributed by atoms with E-state index < -0.39 is 17.0 Å². The van der Waals surface area contributed by atoms with E-state index in [0.29, 0.717) is 36.9 Å². The van der Waals surface area contributed by atoms with Crippen LogP contribution >= 0.6 is 0 Å². The summed E-state index contributed by atoms with van der Waals surface area (Å²) in [5.41, 5.74) is -1.89. The van der Waals surface area contributed by atoms with E-state index in [-0.39, 0.29) is 41.5 Å². The molecule has 0 aromatic rings. The largest absolute Gasteiger partial charge is 0.458 e. The molecule has 29 heavy (non-hydrogen) atoms. The van der Waals surface area contributed by atoms with Crippen LogP contribution in [0.15, 0.2) is 0 Å². The molecule has 4 saturated carbocycles. The van der Waals surface area contributed by atoms with E-state index in [1.165, 1.54) is 6.92 Å². The van der Waals surface area contributed by atoms with Crippen LogP contribution in [0.1, 0.15) is 65.7 Å². The Balaban J connectivity index is 1.45. The van der Waals surface area contributed by atoms with Crippen LogP contribution in [0.4, 0.5) is 0 Å². The third-order valence-corrected chi connectivity index (χ3v) is 9.59. The standard InChI is InChI=1S/C23H30O6/c1-12(24)28-11-19(27)23-20(29-23)10-17-15-5-4-13-8-14(25)6-7-21(13,2)16(15)9-18(26)22(17,23)3/h13,15-17,20H,4-11H2,1-3H3/t13-,15+,16-,17-,20-,21-,22+,23-/m0/s1. The van der Waals surface area contributed by atoms with E-state index in [1.54, 1.807) is 0 Å². The van der Waals surface area contributed by atoms with Crippen LogP contribution in [0.5, 0.6) is 0 Å². The second-order valence-corrected chi connectivity index (χ2v) is 10.5. The van der Waals surface area contributed by atoms with Crippen LogP contribution in [-0.2, 0) is 28.7 Å². The molecule has 5 rings (SSSR count). The minimum atomic E-state index is -1.10. The zero-order valence-corrected chi connectivity index (χ0v) is 17.5. The number of carbonyl (C=O) groups excluding carboxylic acids is 4. The van der Waals surface area contributed by atoms with Crippen LogP contribution in [-0.4, -0.2) is 41.6 Å². The van der Waals surface area contributed by atoms with Gasteiger partial charge in [0.1, 0.15) is 11.6 Å². The summed E-state index contributed by atoms with van der Waals surface area (Å²) in [5.74, 6) is 0.914. The molecule has 6 nitrogen and oxygen atoms in total. The van der Waals surface area contributed by atoms with Crippen molar-refractivity contribution in [2.75, 3.05) is 6.61 Å². The van der Waals surface area contributed by atoms with Gasteiger partial charge in [-0.1, -0.05) is 6.92 Å². The lowest BCUT2D eigenvalue weighted by molar-refractivity contribution is -0.169. The Morgan fingerprint density at radius 1 is 1.14 bits per heavy atom. The number of hydrogen-bond acceptors (Lipinski definition) is 6. The summed E-state index contributed by atoms with van der Waals surface area (Å²) < 4.78 is 10.9. The maximum absolute atomic E-state index is 13.6. The number of Topliss-reactive ketones (excluding diaryl/α,β-unsaturated/α-hetero) is 3. The number of ketones is 3. The molecule has 1 heterocycles. The summed E-state index contributed by atoms with van der Waals surface area (Å²) in [6.07, 6.45) is 5.19. The van der Waals surface area contributed by atoms with Crippen molar-refractivity contribution in [3.8, 4) is 0 Å². The third-order valence-electron chi connectivity index (χ3n) is 9.59. The number of epoxide rings is 1. The van der Waals surface area contributed by atoms with E-state index in [9.17, 15) is 19.2 Å². The second-order valence-electron chi connectivity index (χ2n) is 10.5. The average Bonchev–Trinajstić information content (AvgIpc) is 3.34. The highest BCUT2D eigenvalue weighted by molar-refractivity contribution is 6.02. The molecule has 8 atom stereocenters. The highest BCUT2D eigenvalue weighted by atomic mass is 16.6. The van der Waals surface area contributed by atoms with Crippen LogP contribution in [0, 0.1) is 34.5 Å². The zero-order valence-electron chi connectivity index (χ0n) is 17.5. The second kappa shape index (κ2) is 5.99. The van der Waals surface area contributed by atoms with Gasteiger partial charge in [-0.15, -0.1) is 0 Å². The van der Waals surface area contributed by atoms with Crippen molar-refractivity contribution in [3.05, 3.63) is 0 Å². The molecule has 0 amide bonds. The summed E-state index contributed by atoms with van der Waals surface area (Å²) in [5, 5.41) is 0. The van der Waals surface area contributed by atoms with Gasteiger partial charge in [0.25, 0.3) is 0 Å². The fraction of sp³-hybridized carbons (Fsp3) is 0.826. The van der Waals surface area contributed by atoms with Gasteiger partial charge in [-0.25, -0.2) is 0 Å². The number of ether oxygens (including phenoxy) is 2. The van der Waals surface area contributed by atoms with Gasteiger partial charge in [0, 0.05) is 26.2 Å². The Morgan fingerprint density at radius 3 is 2.62 bits per heavy atom. The Hall–Kier alpha value is -1.56. The number of hydrogen-bond donors (Lipinski definition) is 0. The lowest BCUT2D eigenvalue weighted by Crippen LogP contribution is -2.60. The SMILES string of the molecule is CC(=O)OCC(=O)[C@]12O[C@H]1C[C@H]1[C@@H]3CC[C@H]4CC(=O)CC[C@]4(C)[C@H]3CC(=O)[C@@]12C. The van der Waals surface area contributed by atoms with Crippen molar-refractivity contribution in [1.82, 2.24) is 0 Å². The quantitative estimate of drug-likeness (QED) is 0.533. The van der Waals surface area contributed by atoms with E-state index in [4.69, 9.17) is 9.47 Å². The first-order valence-electron chi connectivity index (χ1n) is 11.0. The molecular formula is C23H30O6. The first kappa shape index (κ1) is 19.4. The molecule has 0 radical (unpaired) electrons. The molecule has 0 aromatic carbocycles. The summed E-state index contributed by atoms with van der Waals surface area (Å²) in [7, 11) is 0. The third kappa shape index (κ3) is 2.32. The van der Waals surface area contributed by atoms with Crippen molar-refractivity contribution in [2.24, 2.45) is 34.5 Å². The molecule has 1 saturated heterocycles. The lowest BCUT2D eigenvalue weighted by Gasteiger charge is -2.59. The molecule has 158 valence electrons. The molecule has 4 aliphatic carbocycles. The van der Waals surface area contributed by atoms with E-state index in [2.05, 4.69) is 6.92 Å². The van der Waals surface area contributed by atoms with Gasteiger partial charge in [0.2, 0.25) is 5.78 Å². The van der Waals surface area contributed by atoms with Crippen LogP contribution in [0.2, 0.25) is 0 Å². The summed E-state index contributed by atoms with van der Waals surface area (Å²) in [6.45, 7) is 5.18. The molecule has 1 aliphatic heterocycles. The first-order valence-corrected chi connectivity index (χ1v) is 11.0. The lowest BCUT2D eigenvalue weighted by atomic mass is 9.44. The van der Waals surface area contributed by atoms with Crippen molar-refractivity contribution < 1.29 is 28.7 Å². The van der Waals surface area contributed by atoms with Gasteiger partial charge >= 0.3 is 5.97 Å². The van der Waals surface area contributed by atoms with Gasteiger partial charge in [-0.3, -0.25) is 19.2 Å². The maximum Gasteiger partial charge on any atom is 0.303 e. The van der Waals surface area contributed by atoms with Crippen LogP contribution in [0.3, 0.4) is 0 Å². The number of rotatable bonds is 3. The van der Waals surface area contributed by atoms with Crippen molar-refractivity contribution in [1.29, 1.82) is 0 Å². The van der Waals surface area contributed by atoms with Crippen molar-refractivity contribution in [3.63, 3.8) is 0 Å². The fourth-order valence-corrected chi connectivity index (χ4v) is 7.93. The predicted octanol–water partition coefficient (Wildman–Crippen LogP) is 2.66. The minimum Gasteiger partial charge on any atom is -0.458 e. The van der Waals surface area contributed by atoms with Crippen molar-refractivity contribution >= 4 is 23.3 Å².